The predicted octanol–water partition coefficient (Wildman–Crippen LogP) is 4.96. The van der Waals surface area contributed by atoms with Crippen LogP contribution in [0, 0.1) is 0 Å². The van der Waals surface area contributed by atoms with Crippen LogP contribution in [0.4, 0.5) is 5.69 Å². The van der Waals surface area contributed by atoms with Crippen LogP contribution in [0.15, 0.2) is 78.9 Å². The molecule has 0 aromatic heterocycles. The summed E-state index contributed by atoms with van der Waals surface area (Å²) in [6.45, 7) is 3.25. The summed E-state index contributed by atoms with van der Waals surface area (Å²) in [5.74, 6) is 0.176. The van der Waals surface area contributed by atoms with E-state index in [1.165, 1.54) is 5.56 Å². The Hall–Kier alpha value is -3.71. The molecule has 34 heavy (non-hydrogen) atoms. The molecule has 3 N–H and O–H groups in total. The van der Waals surface area contributed by atoms with E-state index in [1.807, 2.05) is 24.3 Å². The molecule has 0 saturated heterocycles. The molecule has 0 atom stereocenters. The Labute approximate surface area is 205 Å². The van der Waals surface area contributed by atoms with Gasteiger partial charge in [-0.15, -0.1) is 0 Å². The van der Waals surface area contributed by atoms with E-state index in [1.54, 1.807) is 42.5 Å². The van der Waals surface area contributed by atoms with Gasteiger partial charge in [-0.1, -0.05) is 49.7 Å². The molecule has 7 heteroatoms. The second-order valence-corrected chi connectivity index (χ2v) is 8.12. The largest absolute Gasteiger partial charge is 0.493 e. The normalized spacial score (nSPS) is 10.3. The fourth-order valence-electron chi connectivity index (χ4n) is 3.18. The lowest BCUT2D eigenvalue weighted by atomic mass is 10.2. The summed E-state index contributed by atoms with van der Waals surface area (Å²) in [4.78, 5) is 24.7. The number of hydrogen-bond acceptors (Lipinski definition) is 4. The van der Waals surface area contributed by atoms with Crippen LogP contribution in [-0.4, -0.2) is 30.1 Å². The number of carbonyl (C=O) groups is 2. The first kappa shape index (κ1) is 24.9. The molecular formula is C27H29N3O3S. The Kier molecular flexibility index (Phi) is 9.61. The molecule has 3 aromatic rings. The van der Waals surface area contributed by atoms with E-state index < -0.39 is 0 Å². The van der Waals surface area contributed by atoms with Gasteiger partial charge in [0.25, 0.3) is 11.8 Å². The summed E-state index contributed by atoms with van der Waals surface area (Å²) in [6.07, 6.45) is 2.75. The van der Waals surface area contributed by atoms with Crippen LogP contribution < -0.4 is 20.7 Å². The minimum absolute atomic E-state index is 0.109. The van der Waals surface area contributed by atoms with Crippen molar-refractivity contribution in [2.75, 3.05) is 18.5 Å². The molecule has 0 aliphatic heterocycles. The van der Waals surface area contributed by atoms with E-state index in [2.05, 4.69) is 35.0 Å². The van der Waals surface area contributed by atoms with Crippen molar-refractivity contribution >= 4 is 34.8 Å². The number of rotatable bonds is 10. The van der Waals surface area contributed by atoms with Gasteiger partial charge in [-0.3, -0.25) is 14.9 Å². The number of hydrogen-bond donors (Lipinski definition) is 3. The van der Waals surface area contributed by atoms with Crippen molar-refractivity contribution in [1.29, 1.82) is 0 Å². The molecule has 0 aliphatic carbocycles. The van der Waals surface area contributed by atoms with Crippen molar-refractivity contribution in [3.8, 4) is 5.75 Å². The lowest BCUT2D eigenvalue weighted by Crippen LogP contribution is -2.34. The van der Waals surface area contributed by atoms with Crippen LogP contribution >= 0.6 is 12.2 Å². The first-order valence-electron chi connectivity index (χ1n) is 11.3. The summed E-state index contributed by atoms with van der Waals surface area (Å²) >= 11 is 5.27. The number of ether oxygens (including phenoxy) is 1. The zero-order valence-corrected chi connectivity index (χ0v) is 20.0. The molecule has 3 rings (SSSR count). The number of amides is 2. The highest BCUT2D eigenvalue weighted by Crippen LogP contribution is 2.15. The minimum atomic E-state index is -0.335. The van der Waals surface area contributed by atoms with Crippen LogP contribution in [0.5, 0.6) is 5.75 Å². The van der Waals surface area contributed by atoms with E-state index in [0.717, 1.165) is 19.3 Å². The Morgan fingerprint density at radius 1 is 0.882 bits per heavy atom. The highest BCUT2D eigenvalue weighted by Gasteiger charge is 2.10. The molecule has 0 bridgehead atoms. The first-order chi connectivity index (χ1) is 16.5. The second kappa shape index (κ2) is 13.1. The van der Waals surface area contributed by atoms with Gasteiger partial charge in [-0.25, -0.2) is 0 Å². The van der Waals surface area contributed by atoms with Gasteiger partial charge in [0, 0.05) is 29.8 Å². The molecule has 0 spiro atoms. The van der Waals surface area contributed by atoms with E-state index in [9.17, 15) is 9.59 Å². The van der Waals surface area contributed by atoms with Gasteiger partial charge in [-0.05, 0) is 66.7 Å². The molecular weight excluding hydrogens is 446 g/mol. The third-order valence-corrected chi connectivity index (χ3v) is 5.25. The number of carbonyl (C=O) groups excluding carboxylic acids is 2. The van der Waals surface area contributed by atoms with E-state index >= 15 is 0 Å². The maximum Gasteiger partial charge on any atom is 0.257 e. The highest BCUT2D eigenvalue weighted by molar-refractivity contribution is 7.80. The van der Waals surface area contributed by atoms with Crippen molar-refractivity contribution in [2.45, 2.75) is 26.2 Å². The lowest BCUT2D eigenvalue weighted by molar-refractivity contribution is 0.0950. The molecule has 0 heterocycles. The van der Waals surface area contributed by atoms with Gasteiger partial charge in [0.15, 0.2) is 5.11 Å². The minimum Gasteiger partial charge on any atom is -0.493 e. The van der Waals surface area contributed by atoms with Crippen LogP contribution in [0.3, 0.4) is 0 Å². The SMILES string of the molecule is CCCCNC(=O)c1ccc(NC(=S)NC(=O)c2cccc(OCCc3ccccc3)c2)cc1. The highest BCUT2D eigenvalue weighted by atomic mass is 32.1. The molecule has 0 radical (unpaired) electrons. The van der Waals surface area contributed by atoms with Crippen LogP contribution in [-0.2, 0) is 6.42 Å². The molecule has 0 fully saturated rings. The summed E-state index contributed by atoms with van der Waals surface area (Å²) in [6, 6.07) is 24.0. The predicted molar refractivity (Wildman–Crippen MR) is 139 cm³/mol. The van der Waals surface area contributed by atoms with Gasteiger partial charge in [0.2, 0.25) is 0 Å². The standard InChI is InChI=1S/C27H29N3O3S/c1-2-3-17-28-25(31)21-12-14-23(15-13-21)29-27(34)30-26(32)22-10-7-11-24(19-22)33-18-16-20-8-5-4-6-9-20/h4-15,19H,2-3,16-18H2,1H3,(H,28,31)(H2,29,30,32,34). The maximum atomic E-state index is 12.6. The van der Waals surface area contributed by atoms with E-state index in [0.29, 0.717) is 35.7 Å². The third-order valence-electron chi connectivity index (χ3n) is 5.05. The maximum absolute atomic E-state index is 12.6. The fourth-order valence-corrected chi connectivity index (χ4v) is 3.39. The zero-order chi connectivity index (χ0) is 24.2. The van der Waals surface area contributed by atoms with E-state index in [4.69, 9.17) is 17.0 Å². The van der Waals surface area contributed by atoms with Crippen molar-refractivity contribution in [2.24, 2.45) is 0 Å². The fraction of sp³-hybridized carbons (Fsp3) is 0.222. The van der Waals surface area contributed by atoms with Crippen molar-refractivity contribution in [1.82, 2.24) is 10.6 Å². The zero-order valence-electron chi connectivity index (χ0n) is 19.2. The van der Waals surface area contributed by atoms with Gasteiger partial charge in [-0.2, -0.15) is 0 Å². The molecule has 176 valence electrons. The Bertz CT molecular complexity index is 1100. The average Bonchev–Trinajstić information content (AvgIpc) is 2.85. The van der Waals surface area contributed by atoms with Crippen molar-refractivity contribution in [3.05, 3.63) is 95.6 Å². The Balaban J connectivity index is 1.48. The summed E-state index contributed by atoms with van der Waals surface area (Å²) < 4.78 is 5.80. The lowest BCUT2D eigenvalue weighted by Gasteiger charge is -2.11. The monoisotopic (exact) mass is 475 g/mol. The molecule has 0 unspecified atom stereocenters. The van der Waals surface area contributed by atoms with Crippen LogP contribution in [0.1, 0.15) is 46.0 Å². The van der Waals surface area contributed by atoms with Gasteiger partial charge >= 0.3 is 0 Å². The molecule has 6 nitrogen and oxygen atoms in total. The van der Waals surface area contributed by atoms with Gasteiger partial charge in [0.1, 0.15) is 5.75 Å². The van der Waals surface area contributed by atoms with E-state index in [-0.39, 0.29) is 16.9 Å². The Morgan fingerprint density at radius 3 is 2.38 bits per heavy atom. The summed E-state index contributed by atoms with van der Waals surface area (Å²) in [5, 5.41) is 8.68. The number of nitrogens with one attached hydrogen (secondary N) is 3. The quantitative estimate of drug-likeness (QED) is 0.285. The molecule has 0 saturated carbocycles. The summed E-state index contributed by atoms with van der Waals surface area (Å²) in [5.41, 5.74) is 2.88. The average molecular weight is 476 g/mol. The molecule has 0 aliphatic rings. The number of thiocarbonyl (C=S) groups is 1. The Morgan fingerprint density at radius 2 is 1.65 bits per heavy atom. The third kappa shape index (κ3) is 8.01. The van der Waals surface area contributed by atoms with Crippen LogP contribution in [0.25, 0.3) is 0 Å². The summed E-state index contributed by atoms with van der Waals surface area (Å²) in [7, 11) is 0. The number of anilines is 1. The first-order valence-corrected chi connectivity index (χ1v) is 11.7. The van der Waals surface area contributed by atoms with Crippen molar-refractivity contribution in [3.63, 3.8) is 0 Å². The van der Waals surface area contributed by atoms with Gasteiger partial charge < -0.3 is 15.4 Å². The molecule has 2 amide bonds. The van der Waals surface area contributed by atoms with Gasteiger partial charge in [0.05, 0.1) is 6.61 Å². The van der Waals surface area contributed by atoms with Crippen LogP contribution in [0.2, 0.25) is 0 Å². The number of benzene rings is 3. The topological polar surface area (TPSA) is 79.5 Å². The smallest absolute Gasteiger partial charge is 0.257 e. The van der Waals surface area contributed by atoms with Crippen molar-refractivity contribution < 1.29 is 14.3 Å². The number of unbranched alkanes of at least 4 members (excludes halogenated alkanes) is 1. The second-order valence-electron chi connectivity index (χ2n) is 7.71. The molecule has 3 aromatic carbocycles.